The second-order valence-corrected chi connectivity index (χ2v) is 6.93. The van der Waals surface area contributed by atoms with Gasteiger partial charge in [-0.3, -0.25) is 4.79 Å². The van der Waals surface area contributed by atoms with Crippen molar-refractivity contribution in [1.82, 2.24) is 5.32 Å². The van der Waals surface area contributed by atoms with Crippen molar-refractivity contribution in [2.75, 3.05) is 12.3 Å². The maximum atomic E-state index is 11.8. The van der Waals surface area contributed by atoms with Crippen LogP contribution in [0.3, 0.4) is 0 Å². The van der Waals surface area contributed by atoms with E-state index >= 15 is 0 Å². The van der Waals surface area contributed by atoms with Gasteiger partial charge in [-0.2, -0.15) is 0 Å². The molecule has 0 atom stereocenters. The minimum Gasteiger partial charge on any atom is -0.355 e. The van der Waals surface area contributed by atoms with E-state index in [1.807, 2.05) is 48.5 Å². The first-order valence-corrected chi connectivity index (χ1v) is 9.39. The summed E-state index contributed by atoms with van der Waals surface area (Å²) in [4.78, 5) is 11.8. The third-order valence-corrected chi connectivity index (χ3v) is 5.07. The summed E-state index contributed by atoms with van der Waals surface area (Å²) in [5, 5.41) is 4.47. The van der Waals surface area contributed by atoms with Crippen molar-refractivity contribution in [2.45, 2.75) is 18.6 Å². The molecule has 122 valence electrons. The largest absolute Gasteiger partial charge is 0.355 e. The fraction of sp³-hybridized carbons (Fsp3) is 0.278. The minimum absolute atomic E-state index is 0.0567. The van der Waals surface area contributed by atoms with Crippen LogP contribution >= 0.6 is 35.0 Å². The lowest BCUT2D eigenvalue weighted by molar-refractivity contribution is -0.118. The maximum Gasteiger partial charge on any atom is 0.230 e. The Balaban J connectivity index is 1.60. The number of rotatable bonds is 8. The third-order valence-electron chi connectivity index (χ3n) is 3.35. The molecule has 0 heterocycles. The fourth-order valence-corrected chi connectivity index (χ4v) is 3.50. The van der Waals surface area contributed by atoms with E-state index in [1.165, 1.54) is 0 Å². The van der Waals surface area contributed by atoms with E-state index in [9.17, 15) is 4.79 Å². The summed E-state index contributed by atoms with van der Waals surface area (Å²) in [5.41, 5.74) is 2.18. The second kappa shape index (κ2) is 9.86. The molecule has 0 bridgehead atoms. The summed E-state index contributed by atoms with van der Waals surface area (Å²) in [6, 6.07) is 15.5. The van der Waals surface area contributed by atoms with Gasteiger partial charge in [0.2, 0.25) is 5.91 Å². The van der Waals surface area contributed by atoms with Gasteiger partial charge in [-0.25, -0.2) is 0 Å². The molecule has 0 aliphatic rings. The fourth-order valence-electron chi connectivity index (χ4n) is 2.13. The number of benzene rings is 2. The van der Waals surface area contributed by atoms with Crippen LogP contribution in [-0.4, -0.2) is 18.2 Å². The van der Waals surface area contributed by atoms with Gasteiger partial charge < -0.3 is 5.32 Å². The van der Waals surface area contributed by atoms with Gasteiger partial charge in [0.25, 0.3) is 0 Å². The Labute approximate surface area is 151 Å². The number of aryl methyl sites for hydroxylation is 1. The molecule has 5 heteroatoms. The average molecular weight is 368 g/mol. The second-order valence-electron chi connectivity index (χ2n) is 5.13. The Morgan fingerprint density at radius 2 is 1.57 bits per heavy atom. The van der Waals surface area contributed by atoms with Crippen molar-refractivity contribution < 1.29 is 4.79 Å². The normalized spacial score (nSPS) is 10.5. The summed E-state index contributed by atoms with van der Waals surface area (Å²) >= 11 is 13.8. The van der Waals surface area contributed by atoms with Crippen LogP contribution < -0.4 is 5.32 Å². The van der Waals surface area contributed by atoms with E-state index in [4.69, 9.17) is 23.2 Å². The van der Waals surface area contributed by atoms with Gasteiger partial charge in [-0.05, 0) is 36.1 Å². The molecule has 0 aromatic heterocycles. The third kappa shape index (κ3) is 6.46. The summed E-state index contributed by atoms with van der Waals surface area (Å²) in [5.74, 6) is 1.24. The van der Waals surface area contributed by atoms with Crippen LogP contribution in [0.15, 0.2) is 48.5 Å². The van der Waals surface area contributed by atoms with Crippen LogP contribution in [0.1, 0.15) is 17.5 Å². The highest BCUT2D eigenvalue weighted by Crippen LogP contribution is 2.20. The lowest BCUT2D eigenvalue weighted by Crippen LogP contribution is -2.26. The highest BCUT2D eigenvalue weighted by molar-refractivity contribution is 7.99. The Morgan fingerprint density at radius 3 is 2.22 bits per heavy atom. The predicted octanol–water partition coefficient (Wildman–Crippen LogP) is 4.98. The van der Waals surface area contributed by atoms with E-state index in [0.29, 0.717) is 12.3 Å². The Morgan fingerprint density at radius 1 is 0.957 bits per heavy atom. The first kappa shape index (κ1) is 18.2. The van der Waals surface area contributed by atoms with E-state index in [2.05, 4.69) is 5.32 Å². The van der Waals surface area contributed by atoms with Crippen molar-refractivity contribution in [3.8, 4) is 0 Å². The van der Waals surface area contributed by atoms with Gasteiger partial charge >= 0.3 is 0 Å². The van der Waals surface area contributed by atoms with Crippen LogP contribution in [0.4, 0.5) is 0 Å². The summed E-state index contributed by atoms with van der Waals surface area (Å²) in [6.45, 7) is 0.663. The molecule has 23 heavy (non-hydrogen) atoms. The topological polar surface area (TPSA) is 29.1 Å². The zero-order valence-electron chi connectivity index (χ0n) is 12.7. The van der Waals surface area contributed by atoms with Gasteiger partial charge in [0, 0.05) is 22.3 Å². The number of carbonyl (C=O) groups excluding carboxylic acids is 1. The molecule has 0 saturated heterocycles. The molecule has 0 unspecified atom stereocenters. The lowest BCUT2D eigenvalue weighted by Gasteiger charge is -2.07. The number of carbonyl (C=O) groups is 1. The zero-order chi connectivity index (χ0) is 16.5. The molecular formula is C18H19Cl2NOS. The van der Waals surface area contributed by atoms with E-state index in [0.717, 1.165) is 39.8 Å². The maximum absolute atomic E-state index is 11.8. The molecule has 2 nitrogen and oxygen atoms in total. The summed E-state index contributed by atoms with van der Waals surface area (Å²) < 4.78 is 0. The highest BCUT2D eigenvalue weighted by Gasteiger charge is 2.04. The first-order chi connectivity index (χ1) is 11.2. The van der Waals surface area contributed by atoms with Gasteiger partial charge in [0.05, 0.1) is 5.75 Å². The zero-order valence-corrected chi connectivity index (χ0v) is 15.1. The molecule has 0 aliphatic heterocycles. The average Bonchev–Trinajstić information content (AvgIpc) is 2.55. The summed E-state index contributed by atoms with van der Waals surface area (Å²) in [6.07, 6.45) is 1.75. The van der Waals surface area contributed by atoms with Gasteiger partial charge in [-0.15, -0.1) is 11.8 Å². The molecule has 0 aliphatic carbocycles. The molecule has 2 rings (SSSR count). The molecule has 1 N–H and O–H groups in total. The Hall–Kier alpha value is -1.16. The standard InChI is InChI=1S/C18H19Cl2NOS/c19-16-9-3-1-6-14(16)8-5-11-21-18(22)13-23-12-15-7-2-4-10-17(15)20/h1-4,6-7,9-10H,5,8,11-13H2,(H,21,22). The van der Waals surface area contributed by atoms with Crippen molar-refractivity contribution in [1.29, 1.82) is 0 Å². The number of nitrogens with one attached hydrogen (secondary N) is 1. The monoisotopic (exact) mass is 367 g/mol. The first-order valence-electron chi connectivity index (χ1n) is 7.48. The van der Waals surface area contributed by atoms with Gasteiger partial charge in [0.15, 0.2) is 0 Å². The number of thioether (sulfide) groups is 1. The quantitative estimate of drug-likeness (QED) is 0.666. The van der Waals surface area contributed by atoms with E-state index in [-0.39, 0.29) is 5.91 Å². The van der Waals surface area contributed by atoms with Crippen molar-refractivity contribution in [2.24, 2.45) is 0 Å². The molecule has 2 aromatic rings. The van der Waals surface area contributed by atoms with E-state index in [1.54, 1.807) is 11.8 Å². The number of hydrogen-bond donors (Lipinski definition) is 1. The molecule has 0 radical (unpaired) electrons. The molecular weight excluding hydrogens is 349 g/mol. The molecule has 1 amide bonds. The van der Waals surface area contributed by atoms with Crippen molar-refractivity contribution in [3.63, 3.8) is 0 Å². The van der Waals surface area contributed by atoms with Gasteiger partial charge in [-0.1, -0.05) is 59.6 Å². The van der Waals surface area contributed by atoms with Crippen molar-refractivity contribution in [3.05, 3.63) is 69.7 Å². The molecule has 0 saturated carbocycles. The van der Waals surface area contributed by atoms with Crippen LogP contribution in [-0.2, 0) is 17.0 Å². The predicted molar refractivity (Wildman–Crippen MR) is 100 cm³/mol. The molecule has 0 fully saturated rings. The highest BCUT2D eigenvalue weighted by atomic mass is 35.5. The molecule has 2 aromatic carbocycles. The minimum atomic E-state index is 0.0567. The van der Waals surface area contributed by atoms with E-state index < -0.39 is 0 Å². The lowest BCUT2D eigenvalue weighted by atomic mass is 10.1. The van der Waals surface area contributed by atoms with Gasteiger partial charge in [0.1, 0.15) is 0 Å². The molecule has 0 spiro atoms. The SMILES string of the molecule is O=C(CSCc1ccccc1Cl)NCCCc1ccccc1Cl. The number of amides is 1. The Bertz CT molecular complexity index is 648. The Kier molecular flexibility index (Phi) is 7.80. The van der Waals surface area contributed by atoms with Crippen LogP contribution in [0.2, 0.25) is 10.0 Å². The van der Waals surface area contributed by atoms with Crippen molar-refractivity contribution >= 4 is 40.9 Å². The van der Waals surface area contributed by atoms with Crippen LogP contribution in [0.25, 0.3) is 0 Å². The summed E-state index contributed by atoms with van der Waals surface area (Å²) in [7, 11) is 0. The number of hydrogen-bond acceptors (Lipinski definition) is 2. The smallest absolute Gasteiger partial charge is 0.230 e. The van der Waals surface area contributed by atoms with Crippen LogP contribution in [0.5, 0.6) is 0 Å². The van der Waals surface area contributed by atoms with Crippen LogP contribution in [0, 0.1) is 0 Å². The number of halogens is 2.